The van der Waals surface area contributed by atoms with Gasteiger partial charge >= 0.3 is 5.97 Å². The standard InChI is InChI=1S/C10H21N3O6S2/c1-20(16,17)11-6-4-7-12-21(18,19)13-8-3-2-5-9(13)10(14)15/h9,11-12H,2-8H2,1H3,(H,14,15). The number of rotatable bonds is 8. The summed E-state index contributed by atoms with van der Waals surface area (Å²) in [5.74, 6) is -1.15. The molecule has 0 aromatic carbocycles. The van der Waals surface area contributed by atoms with E-state index < -0.39 is 32.2 Å². The topological polar surface area (TPSA) is 133 Å². The van der Waals surface area contributed by atoms with Gasteiger partial charge in [0, 0.05) is 19.6 Å². The Bertz CT molecular complexity index is 559. The van der Waals surface area contributed by atoms with Crippen molar-refractivity contribution >= 4 is 26.2 Å². The van der Waals surface area contributed by atoms with Crippen molar-refractivity contribution in [2.75, 3.05) is 25.9 Å². The highest BCUT2D eigenvalue weighted by molar-refractivity contribution is 7.88. The van der Waals surface area contributed by atoms with Gasteiger partial charge in [-0.1, -0.05) is 0 Å². The molecule has 1 saturated heterocycles. The van der Waals surface area contributed by atoms with Gasteiger partial charge in [-0.25, -0.2) is 17.9 Å². The third-order valence-corrected chi connectivity index (χ3v) is 5.40. The summed E-state index contributed by atoms with van der Waals surface area (Å²) in [6.45, 7) is 0.325. The van der Waals surface area contributed by atoms with Crippen LogP contribution in [0.15, 0.2) is 0 Å². The van der Waals surface area contributed by atoms with Crippen LogP contribution in [0.2, 0.25) is 0 Å². The molecule has 1 aliphatic rings. The Hall–Kier alpha value is -0.750. The highest BCUT2D eigenvalue weighted by Gasteiger charge is 2.36. The summed E-state index contributed by atoms with van der Waals surface area (Å²) >= 11 is 0. The first-order valence-electron chi connectivity index (χ1n) is 6.57. The summed E-state index contributed by atoms with van der Waals surface area (Å²) in [5, 5.41) is 9.06. The minimum Gasteiger partial charge on any atom is -0.480 e. The van der Waals surface area contributed by atoms with Crippen LogP contribution in [0, 0.1) is 0 Å². The largest absolute Gasteiger partial charge is 0.480 e. The van der Waals surface area contributed by atoms with Crippen LogP contribution in [0.5, 0.6) is 0 Å². The fourth-order valence-corrected chi connectivity index (χ4v) is 4.05. The second kappa shape index (κ2) is 7.49. The number of carboxylic acids is 1. The molecule has 0 aliphatic carbocycles. The second-order valence-corrected chi connectivity index (χ2v) is 8.42. The smallest absolute Gasteiger partial charge is 0.322 e. The molecule has 0 bridgehead atoms. The minimum atomic E-state index is -3.87. The molecule has 9 nitrogen and oxygen atoms in total. The fraction of sp³-hybridized carbons (Fsp3) is 0.900. The Morgan fingerprint density at radius 1 is 1.19 bits per heavy atom. The molecule has 1 heterocycles. The third kappa shape index (κ3) is 6.26. The molecule has 1 fully saturated rings. The van der Waals surface area contributed by atoms with Gasteiger partial charge in [0.1, 0.15) is 6.04 Å². The van der Waals surface area contributed by atoms with Crippen LogP contribution < -0.4 is 9.44 Å². The number of aliphatic carboxylic acids is 1. The van der Waals surface area contributed by atoms with Crippen LogP contribution in [0.1, 0.15) is 25.7 Å². The van der Waals surface area contributed by atoms with E-state index >= 15 is 0 Å². The van der Waals surface area contributed by atoms with Gasteiger partial charge in [-0.05, 0) is 25.7 Å². The molecule has 0 amide bonds. The van der Waals surface area contributed by atoms with Crippen LogP contribution in [-0.2, 0) is 25.0 Å². The van der Waals surface area contributed by atoms with E-state index in [-0.39, 0.29) is 26.1 Å². The summed E-state index contributed by atoms with van der Waals surface area (Å²) < 4.78 is 51.3. The molecule has 0 saturated carbocycles. The van der Waals surface area contributed by atoms with Gasteiger partial charge < -0.3 is 5.11 Å². The molecular weight excluding hydrogens is 322 g/mol. The summed E-state index contributed by atoms with van der Waals surface area (Å²) in [6.07, 6.45) is 2.90. The van der Waals surface area contributed by atoms with E-state index in [4.69, 9.17) is 5.11 Å². The van der Waals surface area contributed by atoms with Crippen molar-refractivity contribution in [3.8, 4) is 0 Å². The third-order valence-electron chi connectivity index (χ3n) is 3.05. The van der Waals surface area contributed by atoms with Gasteiger partial charge in [-0.2, -0.15) is 12.7 Å². The lowest BCUT2D eigenvalue weighted by Crippen LogP contribution is -2.52. The van der Waals surface area contributed by atoms with Gasteiger partial charge in [0.25, 0.3) is 10.2 Å². The zero-order chi connectivity index (χ0) is 16.1. The highest BCUT2D eigenvalue weighted by Crippen LogP contribution is 2.19. The molecule has 1 atom stereocenters. The van der Waals surface area contributed by atoms with Gasteiger partial charge in [-0.3, -0.25) is 4.79 Å². The summed E-state index contributed by atoms with van der Waals surface area (Å²) in [6, 6.07) is -1.04. The molecule has 11 heteroatoms. The number of carbonyl (C=O) groups is 1. The Labute approximate surface area is 124 Å². The number of nitrogens with one attached hydrogen (secondary N) is 2. The maximum atomic E-state index is 12.1. The van der Waals surface area contributed by atoms with E-state index in [1.54, 1.807) is 0 Å². The number of carboxylic acid groups (broad SMARTS) is 1. The van der Waals surface area contributed by atoms with E-state index in [1.807, 2.05) is 0 Å². The van der Waals surface area contributed by atoms with Crippen LogP contribution in [-0.4, -0.2) is 64.1 Å². The van der Waals surface area contributed by atoms with Crippen LogP contribution in [0.25, 0.3) is 0 Å². The van der Waals surface area contributed by atoms with E-state index in [1.165, 1.54) is 0 Å². The number of nitrogens with zero attached hydrogens (tertiary/aromatic N) is 1. The predicted octanol–water partition coefficient (Wildman–Crippen LogP) is -1.30. The molecule has 0 radical (unpaired) electrons. The monoisotopic (exact) mass is 343 g/mol. The van der Waals surface area contributed by atoms with E-state index in [2.05, 4.69) is 9.44 Å². The molecule has 1 unspecified atom stereocenters. The molecule has 0 aromatic rings. The summed E-state index contributed by atoms with van der Waals surface area (Å²) in [7, 11) is -7.16. The maximum absolute atomic E-state index is 12.1. The molecule has 1 aliphatic heterocycles. The van der Waals surface area contributed by atoms with Gasteiger partial charge in [-0.15, -0.1) is 0 Å². The van der Waals surface area contributed by atoms with Crippen molar-refractivity contribution < 1.29 is 26.7 Å². The van der Waals surface area contributed by atoms with Crippen LogP contribution in [0.4, 0.5) is 0 Å². The number of hydrogen-bond acceptors (Lipinski definition) is 5. The van der Waals surface area contributed by atoms with Crippen LogP contribution >= 0.6 is 0 Å². The zero-order valence-electron chi connectivity index (χ0n) is 11.8. The molecule has 0 spiro atoms. The van der Waals surface area contributed by atoms with Crippen molar-refractivity contribution in [1.82, 2.24) is 13.7 Å². The first-order valence-corrected chi connectivity index (χ1v) is 9.90. The normalized spacial score (nSPS) is 21.3. The lowest BCUT2D eigenvalue weighted by Gasteiger charge is -2.31. The minimum absolute atomic E-state index is 0.0354. The van der Waals surface area contributed by atoms with Gasteiger partial charge in [0.2, 0.25) is 10.0 Å². The molecule has 21 heavy (non-hydrogen) atoms. The molecule has 0 aromatic heterocycles. The average molecular weight is 343 g/mol. The van der Waals surface area contributed by atoms with Crippen molar-refractivity contribution in [3.05, 3.63) is 0 Å². The van der Waals surface area contributed by atoms with E-state index in [0.717, 1.165) is 10.6 Å². The van der Waals surface area contributed by atoms with Gasteiger partial charge in [0.05, 0.1) is 6.26 Å². The van der Waals surface area contributed by atoms with Crippen molar-refractivity contribution in [3.63, 3.8) is 0 Å². The number of hydrogen-bond donors (Lipinski definition) is 3. The first kappa shape index (κ1) is 18.3. The zero-order valence-corrected chi connectivity index (χ0v) is 13.4. The molecule has 3 N–H and O–H groups in total. The number of sulfonamides is 1. The molecular formula is C10H21N3O6S2. The van der Waals surface area contributed by atoms with Gasteiger partial charge in [0.15, 0.2) is 0 Å². The average Bonchev–Trinajstić information content (AvgIpc) is 2.36. The Kier molecular flexibility index (Phi) is 6.53. The number of piperidine rings is 1. The second-order valence-electron chi connectivity index (χ2n) is 4.88. The highest BCUT2D eigenvalue weighted by atomic mass is 32.2. The fourth-order valence-electron chi connectivity index (χ4n) is 2.07. The predicted molar refractivity (Wildman–Crippen MR) is 76.4 cm³/mol. The summed E-state index contributed by atoms with van der Waals surface area (Å²) in [4.78, 5) is 11.1. The molecule has 124 valence electrons. The van der Waals surface area contributed by atoms with E-state index in [9.17, 15) is 21.6 Å². The lowest BCUT2D eigenvalue weighted by molar-refractivity contribution is -0.142. The lowest BCUT2D eigenvalue weighted by atomic mass is 10.1. The molecule has 1 rings (SSSR count). The van der Waals surface area contributed by atoms with Crippen LogP contribution in [0.3, 0.4) is 0 Å². The maximum Gasteiger partial charge on any atom is 0.322 e. The quantitative estimate of drug-likeness (QED) is 0.469. The Morgan fingerprint density at radius 2 is 1.81 bits per heavy atom. The first-order chi connectivity index (χ1) is 9.63. The summed E-state index contributed by atoms with van der Waals surface area (Å²) in [5.41, 5.74) is 0. The van der Waals surface area contributed by atoms with Crippen molar-refractivity contribution in [2.45, 2.75) is 31.7 Å². The van der Waals surface area contributed by atoms with Crippen molar-refractivity contribution in [1.29, 1.82) is 0 Å². The Balaban J connectivity index is 2.50. The Morgan fingerprint density at radius 3 is 2.38 bits per heavy atom. The SMILES string of the molecule is CS(=O)(=O)NCCCNS(=O)(=O)N1CCCCC1C(=O)O. The van der Waals surface area contributed by atoms with Crippen molar-refractivity contribution in [2.24, 2.45) is 0 Å². The van der Waals surface area contributed by atoms with E-state index in [0.29, 0.717) is 19.3 Å².